The quantitative estimate of drug-likeness (QED) is 0.561. The van der Waals surface area contributed by atoms with E-state index in [1.54, 1.807) is 0 Å². The lowest BCUT2D eigenvalue weighted by molar-refractivity contribution is -0.184. The molecule has 0 aromatic rings. The molecule has 0 aliphatic carbocycles. The molecule has 0 bridgehead atoms. The Labute approximate surface area is 61.6 Å². The van der Waals surface area contributed by atoms with E-state index in [2.05, 4.69) is 6.92 Å². The number of unbranched alkanes of at least 4 members (excludes halogenated alkanes) is 1. The zero-order valence-electron chi connectivity index (χ0n) is 6.64. The Hall–Kier alpha value is -0.530. The molecule has 0 radical (unpaired) electrons. The minimum Gasteiger partial charge on any atom is -0.464 e. The van der Waals surface area contributed by atoms with Gasteiger partial charge < -0.3 is 4.74 Å². The number of esters is 1. The van der Waals surface area contributed by atoms with Gasteiger partial charge in [0.05, 0.1) is 5.41 Å². The van der Waals surface area contributed by atoms with E-state index in [-0.39, 0.29) is 11.4 Å². The highest BCUT2D eigenvalue weighted by Gasteiger charge is 2.43. The second-order valence-corrected chi connectivity index (χ2v) is 3.24. The van der Waals surface area contributed by atoms with Crippen molar-refractivity contribution < 1.29 is 9.53 Å². The van der Waals surface area contributed by atoms with Gasteiger partial charge in [-0.05, 0) is 13.3 Å². The van der Waals surface area contributed by atoms with Crippen LogP contribution in [0.2, 0.25) is 0 Å². The summed E-state index contributed by atoms with van der Waals surface area (Å²) in [5.74, 6) is -0.0130. The Morgan fingerprint density at radius 3 is 2.70 bits per heavy atom. The zero-order chi connectivity index (χ0) is 7.61. The summed E-state index contributed by atoms with van der Waals surface area (Å²) < 4.78 is 4.70. The largest absolute Gasteiger partial charge is 0.464 e. The number of rotatable bonds is 3. The zero-order valence-corrected chi connectivity index (χ0v) is 6.64. The van der Waals surface area contributed by atoms with Gasteiger partial charge in [0.25, 0.3) is 0 Å². The first-order valence-electron chi connectivity index (χ1n) is 3.86. The van der Waals surface area contributed by atoms with E-state index in [0.29, 0.717) is 6.61 Å². The number of hydrogen-bond acceptors (Lipinski definition) is 2. The first kappa shape index (κ1) is 7.58. The number of carbonyl (C=O) groups is 1. The van der Waals surface area contributed by atoms with Crippen LogP contribution < -0.4 is 0 Å². The van der Waals surface area contributed by atoms with Gasteiger partial charge in [-0.3, -0.25) is 4.79 Å². The minimum atomic E-state index is -0.129. The number of ether oxygens (including phenoxy) is 1. The van der Waals surface area contributed by atoms with Crippen molar-refractivity contribution in [2.45, 2.75) is 33.1 Å². The molecule has 0 aromatic carbocycles. The summed E-state index contributed by atoms with van der Waals surface area (Å²) in [7, 11) is 0. The molecule has 0 saturated carbocycles. The molecule has 1 aliphatic rings. The second kappa shape index (κ2) is 2.60. The summed E-state index contributed by atoms with van der Waals surface area (Å²) in [4.78, 5) is 10.8. The van der Waals surface area contributed by atoms with Gasteiger partial charge in [-0.25, -0.2) is 0 Å². The van der Waals surface area contributed by atoms with Gasteiger partial charge >= 0.3 is 5.97 Å². The fourth-order valence-electron chi connectivity index (χ4n) is 1.12. The molecule has 0 amide bonds. The summed E-state index contributed by atoms with van der Waals surface area (Å²) in [6.45, 7) is 4.74. The summed E-state index contributed by atoms with van der Waals surface area (Å²) in [6.07, 6.45) is 3.27. The Bertz CT molecular complexity index is 142. The number of cyclic esters (lactones) is 1. The molecule has 2 nitrogen and oxygen atoms in total. The van der Waals surface area contributed by atoms with Gasteiger partial charge in [0, 0.05) is 0 Å². The van der Waals surface area contributed by atoms with Gasteiger partial charge in [-0.1, -0.05) is 19.8 Å². The van der Waals surface area contributed by atoms with Crippen LogP contribution in [0.5, 0.6) is 0 Å². The smallest absolute Gasteiger partial charge is 0.315 e. The van der Waals surface area contributed by atoms with Crippen LogP contribution in [0.1, 0.15) is 33.1 Å². The van der Waals surface area contributed by atoms with E-state index in [1.807, 2.05) is 6.92 Å². The normalized spacial score (nSPS) is 31.2. The van der Waals surface area contributed by atoms with E-state index >= 15 is 0 Å². The molecule has 10 heavy (non-hydrogen) atoms. The van der Waals surface area contributed by atoms with Crippen LogP contribution in [-0.2, 0) is 9.53 Å². The molecule has 1 atom stereocenters. The molecule has 2 heteroatoms. The van der Waals surface area contributed by atoms with Crippen molar-refractivity contribution in [1.29, 1.82) is 0 Å². The van der Waals surface area contributed by atoms with Crippen LogP contribution in [0.25, 0.3) is 0 Å². The molecule has 0 N–H and O–H groups in total. The Balaban J connectivity index is 2.31. The molecule has 0 spiro atoms. The predicted molar refractivity (Wildman–Crippen MR) is 38.6 cm³/mol. The molecule has 0 aromatic heterocycles. The molecule has 1 saturated heterocycles. The average Bonchev–Trinajstić information content (AvgIpc) is 1.97. The lowest BCUT2D eigenvalue weighted by Gasteiger charge is -2.35. The molecule has 1 heterocycles. The summed E-state index contributed by atoms with van der Waals surface area (Å²) in [6, 6.07) is 0. The topological polar surface area (TPSA) is 26.3 Å². The van der Waals surface area contributed by atoms with Crippen molar-refractivity contribution in [1.82, 2.24) is 0 Å². The Kier molecular flexibility index (Phi) is 1.97. The van der Waals surface area contributed by atoms with E-state index in [4.69, 9.17) is 4.74 Å². The number of hydrogen-bond donors (Lipinski definition) is 0. The van der Waals surface area contributed by atoms with E-state index < -0.39 is 0 Å². The predicted octanol–water partition coefficient (Wildman–Crippen LogP) is 1.74. The Morgan fingerprint density at radius 2 is 2.40 bits per heavy atom. The van der Waals surface area contributed by atoms with Gasteiger partial charge in [0.2, 0.25) is 0 Å². The SMILES string of the molecule is CCCCC1(C)COC1=O. The number of carbonyl (C=O) groups excluding carboxylic acids is 1. The van der Waals surface area contributed by atoms with Crippen LogP contribution in [0.3, 0.4) is 0 Å². The highest BCUT2D eigenvalue weighted by atomic mass is 16.6. The third-order valence-corrected chi connectivity index (χ3v) is 2.10. The van der Waals surface area contributed by atoms with Crippen molar-refractivity contribution in [2.75, 3.05) is 6.61 Å². The van der Waals surface area contributed by atoms with Crippen molar-refractivity contribution in [3.8, 4) is 0 Å². The fraction of sp³-hybridized carbons (Fsp3) is 0.875. The molecule has 58 valence electrons. The van der Waals surface area contributed by atoms with Crippen molar-refractivity contribution in [2.24, 2.45) is 5.41 Å². The van der Waals surface area contributed by atoms with Gasteiger partial charge in [-0.2, -0.15) is 0 Å². The van der Waals surface area contributed by atoms with Crippen molar-refractivity contribution in [3.05, 3.63) is 0 Å². The maximum atomic E-state index is 10.8. The third kappa shape index (κ3) is 1.15. The molecule has 1 unspecified atom stereocenters. The van der Waals surface area contributed by atoms with Crippen LogP contribution in [0.4, 0.5) is 0 Å². The summed E-state index contributed by atoms with van der Waals surface area (Å²) in [5.41, 5.74) is -0.129. The maximum absolute atomic E-state index is 10.8. The highest BCUT2D eigenvalue weighted by Crippen LogP contribution is 2.33. The van der Waals surface area contributed by atoms with Gasteiger partial charge in [0.15, 0.2) is 0 Å². The van der Waals surface area contributed by atoms with Crippen LogP contribution in [0, 0.1) is 5.41 Å². The maximum Gasteiger partial charge on any atom is 0.315 e. The average molecular weight is 142 g/mol. The second-order valence-electron chi connectivity index (χ2n) is 3.24. The first-order chi connectivity index (χ1) is 4.69. The molecule has 1 rings (SSSR count). The Morgan fingerprint density at radius 1 is 1.70 bits per heavy atom. The van der Waals surface area contributed by atoms with E-state index in [9.17, 15) is 4.79 Å². The highest BCUT2D eigenvalue weighted by molar-refractivity contribution is 5.81. The van der Waals surface area contributed by atoms with Crippen LogP contribution in [0.15, 0.2) is 0 Å². The monoisotopic (exact) mass is 142 g/mol. The fourth-order valence-corrected chi connectivity index (χ4v) is 1.12. The molecular weight excluding hydrogens is 128 g/mol. The minimum absolute atomic E-state index is 0.0130. The van der Waals surface area contributed by atoms with Crippen LogP contribution in [-0.4, -0.2) is 12.6 Å². The molecular formula is C8H14O2. The molecule has 1 fully saturated rings. The standard InChI is InChI=1S/C8H14O2/c1-3-4-5-8(2)6-10-7(8)9/h3-6H2,1-2H3. The van der Waals surface area contributed by atoms with E-state index in [1.165, 1.54) is 0 Å². The van der Waals surface area contributed by atoms with Gasteiger partial charge in [0.1, 0.15) is 6.61 Å². The lowest BCUT2D eigenvalue weighted by Crippen LogP contribution is -2.45. The van der Waals surface area contributed by atoms with E-state index in [0.717, 1.165) is 19.3 Å². The first-order valence-corrected chi connectivity index (χ1v) is 3.86. The third-order valence-electron chi connectivity index (χ3n) is 2.10. The van der Waals surface area contributed by atoms with Crippen LogP contribution >= 0.6 is 0 Å². The summed E-state index contributed by atoms with van der Waals surface area (Å²) >= 11 is 0. The summed E-state index contributed by atoms with van der Waals surface area (Å²) in [5, 5.41) is 0. The van der Waals surface area contributed by atoms with Gasteiger partial charge in [-0.15, -0.1) is 0 Å². The lowest BCUT2D eigenvalue weighted by atomic mass is 9.82. The molecule has 1 aliphatic heterocycles. The van der Waals surface area contributed by atoms with Crippen molar-refractivity contribution >= 4 is 5.97 Å². The van der Waals surface area contributed by atoms with Crippen molar-refractivity contribution in [3.63, 3.8) is 0 Å².